The first-order valence-electron chi connectivity index (χ1n) is 10.6. The van der Waals surface area contributed by atoms with Crippen LogP contribution in [0.4, 0.5) is 0 Å². The van der Waals surface area contributed by atoms with Crippen LogP contribution in [0.1, 0.15) is 25.6 Å². The summed E-state index contributed by atoms with van der Waals surface area (Å²) >= 11 is 0. The smallest absolute Gasteiger partial charge is 0.269 e. The third kappa shape index (κ3) is 4.19. The third-order valence-electron chi connectivity index (χ3n) is 5.74. The number of methoxy groups -OCH3 is 1. The second-order valence-electron chi connectivity index (χ2n) is 8.04. The summed E-state index contributed by atoms with van der Waals surface area (Å²) in [4.78, 5) is 20.3. The minimum atomic E-state index is -0.136. The summed E-state index contributed by atoms with van der Waals surface area (Å²) < 4.78 is 12.9. The van der Waals surface area contributed by atoms with Gasteiger partial charge in [-0.2, -0.15) is 0 Å². The number of likely N-dealkylation sites (tertiary alicyclic amines) is 1. The van der Waals surface area contributed by atoms with Crippen molar-refractivity contribution < 1.29 is 9.47 Å². The van der Waals surface area contributed by atoms with E-state index in [1.54, 1.807) is 17.7 Å². The maximum atomic E-state index is 13.2. The summed E-state index contributed by atoms with van der Waals surface area (Å²) in [5.74, 6) is 2.79. The van der Waals surface area contributed by atoms with Gasteiger partial charge < -0.3 is 14.4 Å². The van der Waals surface area contributed by atoms with Crippen molar-refractivity contribution in [1.82, 2.24) is 14.5 Å². The zero-order valence-electron chi connectivity index (χ0n) is 17.9. The van der Waals surface area contributed by atoms with E-state index in [4.69, 9.17) is 9.47 Å². The molecule has 0 saturated carbocycles. The summed E-state index contributed by atoms with van der Waals surface area (Å²) in [6.07, 6.45) is 2.32. The van der Waals surface area contributed by atoms with Gasteiger partial charge in [-0.15, -0.1) is 0 Å². The second-order valence-corrected chi connectivity index (χ2v) is 8.04. The Hall–Kier alpha value is -2.86. The average molecular weight is 408 g/mol. The molecule has 4 rings (SSSR count). The fraction of sp³-hybridized carbons (Fsp3) is 0.417. The van der Waals surface area contributed by atoms with E-state index in [0.29, 0.717) is 29.1 Å². The maximum absolute atomic E-state index is 13.2. The van der Waals surface area contributed by atoms with E-state index in [0.717, 1.165) is 30.3 Å². The Labute approximate surface area is 177 Å². The van der Waals surface area contributed by atoms with Crippen LogP contribution in [0.2, 0.25) is 0 Å². The molecule has 1 aliphatic rings. The summed E-state index contributed by atoms with van der Waals surface area (Å²) in [5.41, 5.74) is 1.26. The van der Waals surface area contributed by atoms with Crippen LogP contribution in [0.5, 0.6) is 11.5 Å². The lowest BCUT2D eigenvalue weighted by molar-refractivity contribution is 0.259. The van der Waals surface area contributed by atoms with Gasteiger partial charge in [-0.3, -0.25) is 9.36 Å². The van der Waals surface area contributed by atoms with Gasteiger partial charge in [0.15, 0.2) is 0 Å². The summed E-state index contributed by atoms with van der Waals surface area (Å²) in [5, 5.41) is 0.488. The molecular formula is C24H29N3O3. The van der Waals surface area contributed by atoms with Crippen LogP contribution in [0, 0.1) is 12.8 Å². The Morgan fingerprint density at radius 1 is 1.17 bits per heavy atom. The Bertz CT molecular complexity index is 1080. The number of aryl methyl sites for hydroxylation is 1. The van der Waals surface area contributed by atoms with Crippen LogP contribution in [0.15, 0.2) is 47.3 Å². The molecule has 158 valence electrons. The normalized spacial score (nSPS) is 16.8. The molecular weight excluding hydrogens is 378 g/mol. The Balaban J connectivity index is 1.47. The first kappa shape index (κ1) is 20.4. The van der Waals surface area contributed by atoms with E-state index in [1.165, 1.54) is 19.5 Å². The highest BCUT2D eigenvalue weighted by Gasteiger charge is 2.17. The van der Waals surface area contributed by atoms with E-state index in [-0.39, 0.29) is 5.56 Å². The fourth-order valence-corrected chi connectivity index (χ4v) is 4.18. The molecule has 0 amide bonds. The van der Waals surface area contributed by atoms with Gasteiger partial charge in [-0.25, -0.2) is 4.98 Å². The molecule has 0 aliphatic carbocycles. The van der Waals surface area contributed by atoms with E-state index < -0.39 is 0 Å². The molecule has 0 unspecified atom stereocenters. The number of hydrogen-bond donors (Lipinski definition) is 0. The first-order chi connectivity index (χ1) is 14.6. The molecule has 1 aliphatic heterocycles. The summed E-state index contributed by atoms with van der Waals surface area (Å²) in [6, 6.07) is 13.1. The van der Waals surface area contributed by atoms with Crippen molar-refractivity contribution in [3.8, 4) is 17.2 Å². The van der Waals surface area contributed by atoms with Crippen molar-refractivity contribution in [2.75, 3.05) is 33.4 Å². The van der Waals surface area contributed by atoms with Crippen molar-refractivity contribution in [2.45, 2.75) is 26.7 Å². The van der Waals surface area contributed by atoms with Crippen molar-refractivity contribution in [3.05, 3.63) is 58.6 Å². The molecule has 2 heterocycles. The number of hydrogen-bond acceptors (Lipinski definition) is 5. The molecule has 6 heteroatoms. The van der Waals surface area contributed by atoms with Gasteiger partial charge in [-0.05, 0) is 68.6 Å². The summed E-state index contributed by atoms with van der Waals surface area (Å²) in [7, 11) is 1.56. The number of rotatable bonds is 7. The number of ether oxygens (including phenoxy) is 2. The van der Waals surface area contributed by atoms with Gasteiger partial charge in [0, 0.05) is 13.1 Å². The molecule has 1 atom stereocenters. The predicted molar refractivity (Wildman–Crippen MR) is 119 cm³/mol. The molecule has 0 bridgehead atoms. The standard InChI is InChI=1S/C24H29N3O3/c1-17-12-14-26(16-17)13-5-15-30-20-10-8-19(9-11-20)27-18(2)25-21-6-4-7-22(29-3)23(21)24(27)28/h4,6-11,17H,5,12-16H2,1-3H3/t17-/m0/s1. The molecule has 1 saturated heterocycles. The van der Waals surface area contributed by atoms with Crippen molar-refractivity contribution in [1.29, 1.82) is 0 Å². The Morgan fingerprint density at radius 2 is 1.97 bits per heavy atom. The molecule has 30 heavy (non-hydrogen) atoms. The maximum Gasteiger partial charge on any atom is 0.269 e. The lowest BCUT2D eigenvalue weighted by Gasteiger charge is -2.15. The summed E-state index contributed by atoms with van der Waals surface area (Å²) in [6.45, 7) is 8.33. The molecule has 6 nitrogen and oxygen atoms in total. The predicted octanol–water partition coefficient (Wildman–Crippen LogP) is 3.81. The van der Waals surface area contributed by atoms with Gasteiger partial charge in [-0.1, -0.05) is 13.0 Å². The second kappa shape index (κ2) is 8.88. The average Bonchev–Trinajstić information content (AvgIpc) is 3.16. The quantitative estimate of drug-likeness (QED) is 0.558. The minimum absolute atomic E-state index is 0.136. The van der Waals surface area contributed by atoms with Crippen LogP contribution in [0.25, 0.3) is 16.6 Å². The molecule has 3 aromatic rings. The molecule has 2 aromatic carbocycles. The van der Waals surface area contributed by atoms with Crippen LogP contribution >= 0.6 is 0 Å². The topological polar surface area (TPSA) is 56.6 Å². The van der Waals surface area contributed by atoms with Crippen LogP contribution in [0.3, 0.4) is 0 Å². The molecule has 0 spiro atoms. The monoisotopic (exact) mass is 407 g/mol. The molecule has 0 radical (unpaired) electrons. The number of benzene rings is 2. The largest absolute Gasteiger partial charge is 0.496 e. The Morgan fingerprint density at radius 3 is 2.67 bits per heavy atom. The first-order valence-corrected chi connectivity index (χ1v) is 10.6. The lowest BCUT2D eigenvalue weighted by Crippen LogP contribution is -2.23. The number of fused-ring (bicyclic) bond motifs is 1. The van der Waals surface area contributed by atoms with E-state index in [1.807, 2.05) is 43.3 Å². The van der Waals surface area contributed by atoms with Crippen molar-refractivity contribution in [2.24, 2.45) is 5.92 Å². The van der Waals surface area contributed by atoms with Gasteiger partial charge in [0.05, 0.1) is 24.9 Å². The highest BCUT2D eigenvalue weighted by atomic mass is 16.5. The number of nitrogens with zero attached hydrogens (tertiary/aromatic N) is 3. The minimum Gasteiger partial charge on any atom is -0.496 e. The molecule has 0 N–H and O–H groups in total. The highest BCUT2D eigenvalue weighted by molar-refractivity contribution is 5.84. The van der Waals surface area contributed by atoms with Gasteiger partial charge in [0.25, 0.3) is 5.56 Å². The van der Waals surface area contributed by atoms with Gasteiger partial charge >= 0.3 is 0 Å². The van der Waals surface area contributed by atoms with Crippen molar-refractivity contribution in [3.63, 3.8) is 0 Å². The lowest BCUT2D eigenvalue weighted by atomic mass is 10.2. The van der Waals surface area contributed by atoms with Crippen LogP contribution < -0.4 is 15.0 Å². The van der Waals surface area contributed by atoms with Gasteiger partial charge in [0.1, 0.15) is 22.7 Å². The molecule has 1 aromatic heterocycles. The SMILES string of the molecule is COc1cccc2nc(C)n(-c3ccc(OCCCN4CC[C@H](C)C4)cc3)c(=O)c12. The van der Waals surface area contributed by atoms with Gasteiger partial charge in [0.2, 0.25) is 0 Å². The van der Waals surface area contributed by atoms with Crippen LogP contribution in [-0.2, 0) is 0 Å². The highest BCUT2D eigenvalue weighted by Crippen LogP contribution is 2.23. The van der Waals surface area contributed by atoms with E-state index in [2.05, 4.69) is 16.8 Å². The Kier molecular flexibility index (Phi) is 6.04. The van der Waals surface area contributed by atoms with E-state index in [9.17, 15) is 4.79 Å². The van der Waals surface area contributed by atoms with E-state index >= 15 is 0 Å². The number of aromatic nitrogens is 2. The van der Waals surface area contributed by atoms with Crippen molar-refractivity contribution >= 4 is 10.9 Å². The third-order valence-corrected chi connectivity index (χ3v) is 5.74. The fourth-order valence-electron chi connectivity index (χ4n) is 4.18. The molecule has 1 fully saturated rings. The van der Waals surface area contributed by atoms with Crippen LogP contribution in [-0.4, -0.2) is 47.8 Å². The zero-order valence-corrected chi connectivity index (χ0v) is 17.9. The zero-order chi connectivity index (χ0) is 21.1.